The minimum absolute atomic E-state index is 0.00968. The van der Waals surface area contributed by atoms with E-state index in [1.54, 1.807) is 19.1 Å². The molecule has 4 aromatic carbocycles. The Bertz CT molecular complexity index is 1960. The Kier molecular flexibility index (Phi) is 2.21. The van der Waals surface area contributed by atoms with Crippen molar-refractivity contribution >= 4 is 40.2 Å². The first-order chi connectivity index (χ1) is 20.4. The third-order valence-corrected chi connectivity index (χ3v) is 5.77. The van der Waals surface area contributed by atoms with Crippen molar-refractivity contribution in [2.45, 2.75) is 33.1 Å². The van der Waals surface area contributed by atoms with Crippen LogP contribution in [0.15, 0.2) is 84.6 Å². The second-order valence-electron chi connectivity index (χ2n) is 9.05. The topological polar surface area (TPSA) is 12.5 Å². The number of ether oxygens (including phenoxy) is 1. The number of para-hydroxylation sites is 2. The molecule has 156 valence electrons. The number of rotatable bonds is 1. The summed E-state index contributed by atoms with van der Waals surface area (Å²) in [5, 5.41) is 0. The van der Waals surface area contributed by atoms with Gasteiger partial charge < -0.3 is 9.64 Å². The molecular weight excluding hydrogens is 389 g/mol. The van der Waals surface area contributed by atoms with Crippen LogP contribution in [-0.2, 0) is 5.41 Å². The van der Waals surface area contributed by atoms with Crippen molar-refractivity contribution in [2.24, 2.45) is 0 Å². The van der Waals surface area contributed by atoms with Crippen LogP contribution in [0.3, 0.4) is 0 Å². The molecule has 6 rings (SSSR count). The van der Waals surface area contributed by atoms with Crippen molar-refractivity contribution in [3.05, 3.63) is 95.8 Å². The zero-order chi connectivity index (χ0) is 32.5. The first-order valence-electron chi connectivity index (χ1n) is 16.3. The molecule has 0 saturated carbocycles. The van der Waals surface area contributed by atoms with Gasteiger partial charge in [-0.25, -0.2) is 0 Å². The van der Waals surface area contributed by atoms with Gasteiger partial charge in [0.1, 0.15) is 11.5 Å². The molecule has 0 saturated heterocycles. The quantitative estimate of drug-likeness (QED) is 0.312. The second-order valence-corrected chi connectivity index (χ2v) is 9.05. The van der Waals surface area contributed by atoms with E-state index in [0.717, 1.165) is 0 Å². The van der Waals surface area contributed by atoms with E-state index in [9.17, 15) is 1.37 Å². The Morgan fingerprint density at radius 2 is 1.56 bits per heavy atom. The lowest BCUT2D eigenvalue weighted by Crippen LogP contribution is -2.59. The smallest absolute Gasteiger partial charge is 0.256 e. The molecule has 0 amide bonds. The summed E-state index contributed by atoms with van der Waals surface area (Å²) in [7, 11) is 0. The third-order valence-electron chi connectivity index (χ3n) is 5.77. The molecule has 0 fully saturated rings. The Morgan fingerprint density at radius 3 is 2.34 bits per heavy atom. The fourth-order valence-electron chi connectivity index (χ4n) is 4.33. The van der Waals surface area contributed by atoms with Gasteiger partial charge in [0.25, 0.3) is 6.71 Å². The molecule has 0 radical (unpaired) electrons. The van der Waals surface area contributed by atoms with Crippen molar-refractivity contribution in [2.75, 3.05) is 4.90 Å². The molecule has 0 unspecified atom stereocenters. The lowest BCUT2D eigenvalue weighted by Gasteiger charge is -2.40. The van der Waals surface area contributed by atoms with Gasteiger partial charge >= 0.3 is 0 Å². The van der Waals surface area contributed by atoms with E-state index in [4.69, 9.17) is 19.8 Å². The monoisotopic (exact) mass is 427 g/mol. The first-order valence-corrected chi connectivity index (χ1v) is 10.3. The Labute approximate surface area is 207 Å². The number of nitrogens with zero attached hydrogens (tertiary/aromatic N) is 1. The molecule has 2 aliphatic rings. The molecule has 2 aliphatic heterocycles. The second kappa shape index (κ2) is 6.77. The van der Waals surface area contributed by atoms with Gasteiger partial charge in [-0.15, -0.1) is 0 Å². The van der Waals surface area contributed by atoms with E-state index in [1.165, 1.54) is 4.90 Å². The Balaban J connectivity index is 1.87. The van der Waals surface area contributed by atoms with Crippen molar-refractivity contribution in [1.29, 1.82) is 0 Å². The largest absolute Gasteiger partial charge is 0.458 e. The van der Waals surface area contributed by atoms with Gasteiger partial charge in [-0.05, 0) is 76.2 Å². The van der Waals surface area contributed by atoms with Crippen molar-refractivity contribution in [3.63, 3.8) is 0 Å². The van der Waals surface area contributed by atoms with Crippen LogP contribution in [0.2, 0.25) is 0 Å². The van der Waals surface area contributed by atoms with Crippen LogP contribution in [0.5, 0.6) is 11.5 Å². The molecule has 2 nitrogen and oxygen atoms in total. The van der Waals surface area contributed by atoms with E-state index in [-0.39, 0.29) is 63.2 Å². The minimum Gasteiger partial charge on any atom is -0.458 e. The molecule has 0 aromatic heterocycles. The first kappa shape index (κ1) is 10.4. The van der Waals surface area contributed by atoms with Gasteiger partial charge in [0.05, 0.1) is 16.4 Å². The van der Waals surface area contributed by atoms with Crippen LogP contribution in [-0.4, -0.2) is 6.71 Å². The SMILES string of the molecule is [2H]c1c([2H])c([2H])c(N2c3cc(C)cc4c3B(c3c([2H])c(C(C)(C)C)c([2H])c([2H])c3O4)c3c([2H])c([2H])c([2H])c([2H])c32)c([2H])c1[2H]. The Hall–Kier alpha value is -3.46. The van der Waals surface area contributed by atoms with Crippen LogP contribution in [0.25, 0.3) is 0 Å². The summed E-state index contributed by atoms with van der Waals surface area (Å²) in [6.07, 6.45) is 0. The highest BCUT2D eigenvalue weighted by molar-refractivity contribution is 6.99. The zero-order valence-electron chi connectivity index (χ0n) is 30.1. The summed E-state index contributed by atoms with van der Waals surface area (Å²) in [4.78, 5) is 1.28. The van der Waals surface area contributed by atoms with E-state index < -0.39 is 66.5 Å². The standard InChI is InChI=1S/C29H26BNO/c1-19-16-25-28-27(17-19)32-26-15-14-20(29(2,3)4)18-23(26)30(28)22-12-8-9-13-24(22)31(25)21-10-6-5-7-11-21/h5-18H,1-4H3/i5D,6D,7D,8D,9D,10D,11D,12D,13D,14D,15D,18D. The number of fused-ring (bicyclic) bond motifs is 4. The van der Waals surface area contributed by atoms with Crippen LogP contribution < -0.4 is 26.0 Å². The fraction of sp³-hybridized carbons (Fsp3) is 0.172. The number of hydrogen-bond acceptors (Lipinski definition) is 2. The third kappa shape index (κ3) is 2.81. The molecule has 3 heteroatoms. The maximum absolute atomic E-state index is 9.33. The lowest BCUT2D eigenvalue weighted by atomic mass is 9.34. The van der Waals surface area contributed by atoms with Crippen LogP contribution in [0.1, 0.15) is 48.3 Å². The summed E-state index contributed by atoms with van der Waals surface area (Å²) in [5.74, 6) is 0.153. The highest BCUT2D eigenvalue weighted by Gasteiger charge is 2.42. The predicted molar refractivity (Wildman–Crippen MR) is 136 cm³/mol. The normalized spacial score (nSPS) is 19.0. The maximum Gasteiger partial charge on any atom is 0.256 e. The molecule has 4 aromatic rings. The number of aryl methyl sites for hydroxylation is 1. The summed E-state index contributed by atoms with van der Waals surface area (Å²) in [6, 6.07) is -2.21. The molecule has 0 atom stereocenters. The predicted octanol–water partition coefficient (Wildman–Crippen LogP) is 5.70. The summed E-state index contributed by atoms with van der Waals surface area (Å²) in [5.41, 5.74) is 0.523. The maximum atomic E-state index is 9.33. The van der Waals surface area contributed by atoms with Gasteiger partial charge in [0, 0.05) is 17.1 Å². The van der Waals surface area contributed by atoms with Crippen molar-refractivity contribution in [3.8, 4) is 11.5 Å². The molecule has 32 heavy (non-hydrogen) atoms. The molecule has 0 N–H and O–H groups in total. The molecule has 0 spiro atoms. The van der Waals surface area contributed by atoms with Gasteiger partial charge in [0.15, 0.2) is 0 Å². The van der Waals surface area contributed by atoms with E-state index in [0.29, 0.717) is 11.0 Å². The van der Waals surface area contributed by atoms with Crippen molar-refractivity contribution < 1.29 is 21.2 Å². The number of benzene rings is 4. The number of hydrogen-bond donors (Lipinski definition) is 0. The van der Waals surface area contributed by atoms with Crippen molar-refractivity contribution in [1.82, 2.24) is 0 Å². The van der Waals surface area contributed by atoms with Gasteiger partial charge in [-0.2, -0.15) is 0 Å². The molecule has 2 heterocycles. The molecule has 0 bridgehead atoms. The summed E-state index contributed by atoms with van der Waals surface area (Å²) in [6.45, 7) is 6.14. The van der Waals surface area contributed by atoms with E-state index >= 15 is 0 Å². The fourth-order valence-corrected chi connectivity index (χ4v) is 4.33. The lowest BCUT2D eigenvalue weighted by molar-refractivity contribution is 0.486. The van der Waals surface area contributed by atoms with Crippen LogP contribution >= 0.6 is 0 Å². The minimum atomic E-state index is -1.06. The highest BCUT2D eigenvalue weighted by Crippen LogP contribution is 2.41. The van der Waals surface area contributed by atoms with E-state index in [1.807, 2.05) is 20.8 Å². The highest BCUT2D eigenvalue weighted by atomic mass is 16.5. The molecular formula is C29H26BNO. The average molecular weight is 427 g/mol. The van der Waals surface area contributed by atoms with Gasteiger partial charge in [-0.1, -0.05) is 69.1 Å². The Morgan fingerprint density at radius 1 is 0.812 bits per heavy atom. The zero-order valence-corrected chi connectivity index (χ0v) is 18.1. The van der Waals surface area contributed by atoms with Gasteiger partial charge in [0.2, 0.25) is 0 Å². The van der Waals surface area contributed by atoms with Crippen LogP contribution in [0.4, 0.5) is 17.1 Å². The summed E-state index contributed by atoms with van der Waals surface area (Å²) < 4.78 is 111. The number of anilines is 3. The van der Waals surface area contributed by atoms with E-state index in [2.05, 4.69) is 0 Å². The van der Waals surface area contributed by atoms with Gasteiger partial charge in [-0.3, -0.25) is 0 Å². The summed E-state index contributed by atoms with van der Waals surface area (Å²) >= 11 is 0. The van der Waals surface area contributed by atoms with Crippen LogP contribution in [0, 0.1) is 6.92 Å². The molecule has 0 aliphatic carbocycles. The average Bonchev–Trinajstić information content (AvgIpc) is 2.95.